The van der Waals surface area contributed by atoms with Crippen molar-refractivity contribution in [2.75, 3.05) is 19.8 Å². The highest BCUT2D eigenvalue weighted by molar-refractivity contribution is 5.82. The number of benzene rings is 1. The summed E-state index contributed by atoms with van der Waals surface area (Å²) in [5.41, 5.74) is 1.09. The van der Waals surface area contributed by atoms with Gasteiger partial charge in [0, 0.05) is 18.8 Å². The maximum Gasteiger partial charge on any atom is 0.258 e. The third-order valence-electron chi connectivity index (χ3n) is 3.49. The first-order valence-corrected chi connectivity index (χ1v) is 7.66. The summed E-state index contributed by atoms with van der Waals surface area (Å²) in [6.07, 6.45) is 2.97. The number of nitrogens with one attached hydrogen (secondary N) is 1. The van der Waals surface area contributed by atoms with Gasteiger partial charge in [0.05, 0.1) is 23.3 Å². The number of aliphatic hydroxyl groups excluding tert-OH is 1. The zero-order valence-corrected chi connectivity index (χ0v) is 13.3. The second-order valence-electron chi connectivity index (χ2n) is 5.21. The van der Waals surface area contributed by atoms with E-state index in [0.717, 1.165) is 0 Å². The Labute approximate surface area is 142 Å². The van der Waals surface area contributed by atoms with Crippen LogP contribution in [0.3, 0.4) is 0 Å². The molecule has 0 bridgehead atoms. The lowest BCUT2D eigenvalue weighted by Crippen LogP contribution is -2.31. The number of rotatable bonds is 6. The number of carbonyl (C=O) groups is 1. The van der Waals surface area contributed by atoms with E-state index in [1.54, 1.807) is 42.6 Å². The van der Waals surface area contributed by atoms with Crippen LogP contribution in [0.15, 0.2) is 58.1 Å². The molecule has 0 saturated carbocycles. The highest BCUT2D eigenvalue weighted by Gasteiger charge is 2.11. The van der Waals surface area contributed by atoms with Crippen molar-refractivity contribution in [2.24, 2.45) is 0 Å². The van der Waals surface area contributed by atoms with Crippen molar-refractivity contribution in [3.8, 4) is 17.0 Å². The van der Waals surface area contributed by atoms with Crippen LogP contribution in [-0.2, 0) is 4.79 Å². The summed E-state index contributed by atoms with van der Waals surface area (Å²) in [6.45, 7) is -0.154. The summed E-state index contributed by atoms with van der Waals surface area (Å²) < 4.78 is 10.9. The van der Waals surface area contributed by atoms with E-state index in [2.05, 4.69) is 10.3 Å². The molecular weight excluding hydrogens is 324 g/mol. The van der Waals surface area contributed by atoms with Gasteiger partial charge >= 0.3 is 0 Å². The van der Waals surface area contributed by atoms with Crippen molar-refractivity contribution in [3.63, 3.8) is 0 Å². The Kier molecular flexibility index (Phi) is 5.06. The van der Waals surface area contributed by atoms with Crippen molar-refractivity contribution in [2.45, 2.75) is 0 Å². The molecule has 0 spiro atoms. The Morgan fingerprint density at radius 1 is 1.28 bits per heavy atom. The van der Waals surface area contributed by atoms with E-state index in [1.807, 2.05) is 0 Å². The molecule has 0 saturated heterocycles. The molecule has 1 amide bonds. The third kappa shape index (κ3) is 3.84. The van der Waals surface area contributed by atoms with Gasteiger partial charge in [0.1, 0.15) is 17.6 Å². The lowest BCUT2D eigenvalue weighted by atomic mass is 10.1. The quantitative estimate of drug-likeness (QED) is 0.702. The molecule has 2 N–H and O–H groups in total. The molecule has 1 aromatic carbocycles. The average molecular weight is 340 g/mol. The van der Waals surface area contributed by atoms with Gasteiger partial charge in [-0.15, -0.1) is 0 Å². The monoisotopic (exact) mass is 340 g/mol. The van der Waals surface area contributed by atoms with E-state index >= 15 is 0 Å². The molecule has 7 nitrogen and oxygen atoms in total. The van der Waals surface area contributed by atoms with Gasteiger partial charge in [0.2, 0.25) is 5.43 Å². The standard InChI is InChI=1S/C18H16N2O5/c21-8-7-20-17(22)11-24-12-4-5-13-16(9-12)25-10-14(18(13)23)15-3-1-2-6-19-15/h1-6,9-10,21H,7-8,11H2,(H,20,22). The summed E-state index contributed by atoms with van der Waals surface area (Å²) in [5.74, 6) is 0.0569. The Bertz CT molecular complexity index is 937. The smallest absolute Gasteiger partial charge is 0.258 e. The number of fused-ring (bicyclic) bond motifs is 1. The van der Waals surface area contributed by atoms with Crippen LogP contribution in [0, 0.1) is 0 Å². The van der Waals surface area contributed by atoms with Gasteiger partial charge in [-0.25, -0.2) is 0 Å². The topological polar surface area (TPSA) is 102 Å². The second-order valence-corrected chi connectivity index (χ2v) is 5.21. The van der Waals surface area contributed by atoms with Gasteiger partial charge in [-0.2, -0.15) is 0 Å². The molecule has 2 heterocycles. The minimum atomic E-state index is -0.346. The maximum absolute atomic E-state index is 12.6. The van der Waals surface area contributed by atoms with Gasteiger partial charge in [0.25, 0.3) is 5.91 Å². The number of aromatic nitrogens is 1. The summed E-state index contributed by atoms with van der Waals surface area (Å²) in [5, 5.41) is 11.5. The number of ether oxygens (including phenoxy) is 1. The number of nitrogens with zero attached hydrogens (tertiary/aromatic N) is 1. The zero-order valence-electron chi connectivity index (χ0n) is 13.3. The Balaban J connectivity index is 1.83. The molecule has 3 aromatic rings. The Hall–Kier alpha value is -3.19. The Morgan fingerprint density at radius 2 is 2.16 bits per heavy atom. The van der Waals surface area contributed by atoms with Crippen molar-refractivity contribution in [1.29, 1.82) is 0 Å². The molecule has 25 heavy (non-hydrogen) atoms. The molecule has 0 aliphatic rings. The Morgan fingerprint density at radius 3 is 2.92 bits per heavy atom. The first-order chi connectivity index (χ1) is 12.2. The van der Waals surface area contributed by atoms with E-state index in [0.29, 0.717) is 28.0 Å². The van der Waals surface area contributed by atoms with E-state index in [1.165, 1.54) is 6.26 Å². The second kappa shape index (κ2) is 7.59. The number of aliphatic hydroxyl groups is 1. The predicted octanol–water partition coefficient (Wildman–Crippen LogP) is 1.34. The molecule has 7 heteroatoms. The van der Waals surface area contributed by atoms with Gasteiger partial charge in [-0.05, 0) is 24.3 Å². The van der Waals surface area contributed by atoms with Crippen LogP contribution in [-0.4, -0.2) is 35.8 Å². The molecule has 0 atom stereocenters. The first-order valence-electron chi connectivity index (χ1n) is 7.66. The van der Waals surface area contributed by atoms with E-state index < -0.39 is 0 Å². The number of pyridine rings is 1. The lowest BCUT2D eigenvalue weighted by Gasteiger charge is -2.07. The van der Waals surface area contributed by atoms with Gasteiger partial charge < -0.3 is 19.6 Å². The maximum atomic E-state index is 12.6. The van der Waals surface area contributed by atoms with Crippen molar-refractivity contribution in [1.82, 2.24) is 10.3 Å². The van der Waals surface area contributed by atoms with Gasteiger partial charge in [-0.1, -0.05) is 6.07 Å². The van der Waals surface area contributed by atoms with Crippen molar-refractivity contribution in [3.05, 3.63) is 59.1 Å². The molecule has 2 aromatic heterocycles. The average Bonchev–Trinajstić information content (AvgIpc) is 2.65. The van der Waals surface area contributed by atoms with E-state index in [4.69, 9.17) is 14.3 Å². The van der Waals surface area contributed by atoms with E-state index in [-0.39, 0.29) is 31.1 Å². The fourth-order valence-electron chi connectivity index (χ4n) is 2.29. The summed E-state index contributed by atoms with van der Waals surface area (Å²) in [7, 11) is 0. The summed E-state index contributed by atoms with van der Waals surface area (Å²) >= 11 is 0. The molecule has 0 aliphatic carbocycles. The fraction of sp³-hybridized carbons (Fsp3) is 0.167. The summed E-state index contributed by atoms with van der Waals surface area (Å²) in [4.78, 5) is 28.2. The normalized spacial score (nSPS) is 10.6. The minimum absolute atomic E-state index is 0.133. The SMILES string of the molecule is O=C(COc1ccc2c(=O)c(-c3ccccn3)coc2c1)NCCO. The van der Waals surface area contributed by atoms with E-state index in [9.17, 15) is 9.59 Å². The van der Waals surface area contributed by atoms with Crippen LogP contribution in [0.1, 0.15) is 0 Å². The molecule has 0 fully saturated rings. The predicted molar refractivity (Wildman–Crippen MR) is 91.3 cm³/mol. The molecular formula is C18H16N2O5. The van der Waals surface area contributed by atoms with Gasteiger partial charge in [-0.3, -0.25) is 14.6 Å². The number of hydrogen-bond acceptors (Lipinski definition) is 6. The largest absolute Gasteiger partial charge is 0.484 e. The number of amides is 1. The van der Waals surface area contributed by atoms with Crippen molar-refractivity contribution < 1.29 is 19.1 Å². The van der Waals surface area contributed by atoms with Crippen LogP contribution in [0.4, 0.5) is 0 Å². The molecule has 0 unspecified atom stereocenters. The molecule has 128 valence electrons. The first kappa shape index (κ1) is 16.7. The summed E-state index contributed by atoms with van der Waals surface area (Å²) in [6, 6.07) is 10.0. The minimum Gasteiger partial charge on any atom is -0.484 e. The van der Waals surface area contributed by atoms with Crippen LogP contribution in [0.5, 0.6) is 5.75 Å². The van der Waals surface area contributed by atoms with Crippen LogP contribution in [0.25, 0.3) is 22.2 Å². The van der Waals surface area contributed by atoms with Crippen LogP contribution >= 0.6 is 0 Å². The fourth-order valence-corrected chi connectivity index (χ4v) is 2.29. The van der Waals surface area contributed by atoms with Crippen LogP contribution in [0.2, 0.25) is 0 Å². The zero-order chi connectivity index (χ0) is 17.6. The number of carbonyl (C=O) groups excluding carboxylic acids is 1. The molecule has 0 radical (unpaired) electrons. The molecule has 3 rings (SSSR count). The highest BCUT2D eigenvalue weighted by Crippen LogP contribution is 2.22. The van der Waals surface area contributed by atoms with Crippen molar-refractivity contribution >= 4 is 16.9 Å². The number of hydrogen-bond donors (Lipinski definition) is 2. The lowest BCUT2D eigenvalue weighted by molar-refractivity contribution is -0.123. The molecule has 0 aliphatic heterocycles. The third-order valence-corrected chi connectivity index (χ3v) is 3.49. The van der Waals surface area contributed by atoms with Gasteiger partial charge in [0.15, 0.2) is 6.61 Å². The van der Waals surface area contributed by atoms with Crippen LogP contribution < -0.4 is 15.5 Å². The highest BCUT2D eigenvalue weighted by atomic mass is 16.5.